The lowest BCUT2D eigenvalue weighted by atomic mass is 10.1. The molecule has 1 aliphatic heterocycles. The zero-order valence-corrected chi connectivity index (χ0v) is 9.30. The molecule has 1 rings (SSSR count). The van der Waals surface area contributed by atoms with Crippen LogP contribution >= 0.6 is 0 Å². The molecule has 1 aliphatic rings. The third-order valence-corrected chi connectivity index (χ3v) is 1.60. The van der Waals surface area contributed by atoms with Gasteiger partial charge in [-0.15, -0.1) is 0 Å². The van der Waals surface area contributed by atoms with E-state index in [1.165, 1.54) is 0 Å². The number of nitrogens with zero attached hydrogens (tertiary/aromatic N) is 1. The molecule has 0 aliphatic carbocycles. The Bertz CT molecular complexity index is 68.2. The van der Waals surface area contributed by atoms with Crippen LogP contribution in [0.25, 0.3) is 0 Å². The van der Waals surface area contributed by atoms with Gasteiger partial charge in [-0.05, 0) is 26.4 Å². The van der Waals surface area contributed by atoms with E-state index in [0.717, 1.165) is 25.9 Å². The molecule has 0 aromatic rings. The minimum Gasteiger partial charge on any atom is -0.392 e. The standard InChI is InChI=1S/C6H13NO.2C2H6/c1-7-4-2-3-6(8)5-7;2*1-2/h6,8H,2-5H2,1H3;2*1-2H3. The van der Waals surface area contributed by atoms with Crippen LogP contribution in [0.4, 0.5) is 0 Å². The monoisotopic (exact) mass is 175 g/mol. The first-order chi connectivity index (χ1) is 5.79. The number of aliphatic hydroxyl groups is 1. The second-order valence-electron chi connectivity index (χ2n) is 2.56. The Morgan fingerprint density at radius 3 is 1.92 bits per heavy atom. The average Bonchev–Trinajstić information content (AvgIpc) is 2.11. The smallest absolute Gasteiger partial charge is 0.0667 e. The molecule has 0 bridgehead atoms. The van der Waals surface area contributed by atoms with Crippen LogP contribution in [-0.4, -0.2) is 36.2 Å². The van der Waals surface area contributed by atoms with E-state index in [0.29, 0.717) is 0 Å². The predicted octanol–water partition coefficient (Wildman–Crippen LogP) is 2.13. The lowest BCUT2D eigenvalue weighted by Gasteiger charge is -2.25. The highest BCUT2D eigenvalue weighted by atomic mass is 16.3. The van der Waals surface area contributed by atoms with Gasteiger partial charge in [0.2, 0.25) is 0 Å². The van der Waals surface area contributed by atoms with Crippen molar-refractivity contribution in [3.8, 4) is 0 Å². The maximum atomic E-state index is 9.04. The van der Waals surface area contributed by atoms with Gasteiger partial charge in [-0.2, -0.15) is 0 Å². The summed E-state index contributed by atoms with van der Waals surface area (Å²) in [6.45, 7) is 10.0. The van der Waals surface area contributed by atoms with E-state index in [4.69, 9.17) is 5.11 Å². The molecule has 0 amide bonds. The summed E-state index contributed by atoms with van der Waals surface area (Å²) in [5, 5.41) is 9.04. The molecule has 0 saturated carbocycles. The van der Waals surface area contributed by atoms with Crippen LogP contribution in [0, 0.1) is 0 Å². The van der Waals surface area contributed by atoms with E-state index in [2.05, 4.69) is 4.90 Å². The summed E-state index contributed by atoms with van der Waals surface area (Å²) in [7, 11) is 2.04. The summed E-state index contributed by atoms with van der Waals surface area (Å²) in [4.78, 5) is 2.16. The lowest BCUT2D eigenvalue weighted by molar-refractivity contribution is 0.0846. The number of rotatable bonds is 0. The normalized spacial score (nSPS) is 23.0. The van der Waals surface area contributed by atoms with E-state index >= 15 is 0 Å². The average molecular weight is 175 g/mol. The first-order valence-corrected chi connectivity index (χ1v) is 5.15. The fourth-order valence-corrected chi connectivity index (χ4v) is 1.14. The predicted molar refractivity (Wildman–Crippen MR) is 55.4 cm³/mol. The van der Waals surface area contributed by atoms with Crippen molar-refractivity contribution in [2.45, 2.75) is 46.6 Å². The highest BCUT2D eigenvalue weighted by Crippen LogP contribution is 2.06. The van der Waals surface area contributed by atoms with Gasteiger partial charge < -0.3 is 10.0 Å². The molecule has 0 spiro atoms. The number of piperidine rings is 1. The van der Waals surface area contributed by atoms with Crippen LogP contribution in [0.3, 0.4) is 0 Å². The highest BCUT2D eigenvalue weighted by Gasteiger charge is 2.12. The summed E-state index contributed by atoms with van der Waals surface area (Å²) in [5.74, 6) is 0. The Balaban J connectivity index is 0. The van der Waals surface area contributed by atoms with Crippen LogP contribution in [0.15, 0.2) is 0 Å². The molecule has 0 aromatic heterocycles. The minimum atomic E-state index is -0.0613. The first kappa shape index (κ1) is 14.4. The van der Waals surface area contributed by atoms with Crippen molar-refractivity contribution in [1.29, 1.82) is 0 Å². The maximum Gasteiger partial charge on any atom is 0.0667 e. The molecule has 1 fully saturated rings. The molecule has 0 radical (unpaired) electrons. The van der Waals surface area contributed by atoms with Crippen molar-refractivity contribution in [1.82, 2.24) is 4.90 Å². The van der Waals surface area contributed by atoms with E-state index in [9.17, 15) is 0 Å². The molecular weight excluding hydrogens is 150 g/mol. The van der Waals surface area contributed by atoms with E-state index < -0.39 is 0 Å². The summed E-state index contributed by atoms with van der Waals surface area (Å²) in [5.41, 5.74) is 0. The van der Waals surface area contributed by atoms with Crippen LogP contribution in [0.1, 0.15) is 40.5 Å². The molecule has 0 aromatic carbocycles. The maximum absolute atomic E-state index is 9.04. The number of β-amino-alcohol motifs (C(OH)–C–C–N with tert-alkyl or cyclic N) is 1. The Hall–Kier alpha value is -0.0800. The molecule has 1 atom stereocenters. The van der Waals surface area contributed by atoms with Gasteiger partial charge in [0.15, 0.2) is 0 Å². The summed E-state index contributed by atoms with van der Waals surface area (Å²) in [6, 6.07) is 0. The lowest BCUT2D eigenvalue weighted by Crippen LogP contribution is -2.34. The van der Waals surface area contributed by atoms with E-state index in [1.807, 2.05) is 34.7 Å². The topological polar surface area (TPSA) is 23.5 Å². The summed E-state index contributed by atoms with van der Waals surface area (Å²) >= 11 is 0. The Morgan fingerprint density at radius 2 is 1.67 bits per heavy atom. The SMILES string of the molecule is CC.CC.CN1CCCC(O)C1. The van der Waals surface area contributed by atoms with Crippen molar-refractivity contribution in [3.05, 3.63) is 0 Å². The third-order valence-electron chi connectivity index (χ3n) is 1.60. The number of likely N-dealkylation sites (tertiary alicyclic amines) is 1. The Labute approximate surface area is 77.6 Å². The van der Waals surface area contributed by atoms with Gasteiger partial charge in [0.1, 0.15) is 0 Å². The Kier molecular flexibility index (Phi) is 13.1. The zero-order valence-electron chi connectivity index (χ0n) is 9.30. The molecule has 1 saturated heterocycles. The molecule has 1 N–H and O–H groups in total. The number of hydrogen-bond donors (Lipinski definition) is 1. The van der Waals surface area contributed by atoms with Gasteiger partial charge >= 0.3 is 0 Å². The Morgan fingerprint density at radius 1 is 1.17 bits per heavy atom. The van der Waals surface area contributed by atoms with Gasteiger partial charge in [-0.1, -0.05) is 27.7 Å². The van der Waals surface area contributed by atoms with Crippen LogP contribution < -0.4 is 0 Å². The van der Waals surface area contributed by atoms with Gasteiger partial charge in [-0.25, -0.2) is 0 Å². The minimum absolute atomic E-state index is 0.0613. The second kappa shape index (κ2) is 10.9. The van der Waals surface area contributed by atoms with Gasteiger partial charge in [0.05, 0.1) is 6.10 Å². The molecule has 2 heteroatoms. The molecule has 1 unspecified atom stereocenters. The second-order valence-corrected chi connectivity index (χ2v) is 2.56. The highest BCUT2D eigenvalue weighted by molar-refractivity contribution is 4.67. The first-order valence-electron chi connectivity index (χ1n) is 5.15. The molecular formula is C10H25NO. The van der Waals surface area contributed by atoms with E-state index in [1.54, 1.807) is 0 Å². The summed E-state index contributed by atoms with van der Waals surface area (Å²) in [6.07, 6.45) is 2.08. The third kappa shape index (κ3) is 8.02. The molecule has 1 heterocycles. The fourth-order valence-electron chi connectivity index (χ4n) is 1.14. The van der Waals surface area contributed by atoms with Crippen molar-refractivity contribution >= 4 is 0 Å². The van der Waals surface area contributed by atoms with Crippen LogP contribution in [-0.2, 0) is 0 Å². The molecule has 2 nitrogen and oxygen atoms in total. The van der Waals surface area contributed by atoms with Crippen molar-refractivity contribution < 1.29 is 5.11 Å². The van der Waals surface area contributed by atoms with Crippen LogP contribution in [0.2, 0.25) is 0 Å². The fraction of sp³-hybridized carbons (Fsp3) is 1.00. The van der Waals surface area contributed by atoms with E-state index in [-0.39, 0.29) is 6.10 Å². The quantitative estimate of drug-likeness (QED) is 0.609. The largest absolute Gasteiger partial charge is 0.392 e. The number of likely N-dealkylation sites (N-methyl/N-ethyl adjacent to an activating group) is 1. The number of aliphatic hydroxyl groups excluding tert-OH is 1. The van der Waals surface area contributed by atoms with Gasteiger partial charge in [0.25, 0.3) is 0 Å². The molecule has 12 heavy (non-hydrogen) atoms. The number of hydrogen-bond acceptors (Lipinski definition) is 2. The summed E-state index contributed by atoms with van der Waals surface area (Å²) < 4.78 is 0. The zero-order chi connectivity index (χ0) is 9.98. The van der Waals surface area contributed by atoms with Gasteiger partial charge in [-0.3, -0.25) is 0 Å². The molecule has 76 valence electrons. The van der Waals surface area contributed by atoms with Crippen LogP contribution in [0.5, 0.6) is 0 Å². The van der Waals surface area contributed by atoms with Crippen molar-refractivity contribution in [2.24, 2.45) is 0 Å². The van der Waals surface area contributed by atoms with Gasteiger partial charge in [0, 0.05) is 6.54 Å². The van der Waals surface area contributed by atoms with Crippen molar-refractivity contribution in [3.63, 3.8) is 0 Å². The van der Waals surface area contributed by atoms with Crippen molar-refractivity contribution in [2.75, 3.05) is 20.1 Å².